The summed E-state index contributed by atoms with van der Waals surface area (Å²) in [6.07, 6.45) is 3.18. The summed E-state index contributed by atoms with van der Waals surface area (Å²) < 4.78 is 6.88. The molecule has 1 amide bonds. The van der Waals surface area contributed by atoms with E-state index in [1.807, 2.05) is 13.0 Å². The van der Waals surface area contributed by atoms with Crippen LogP contribution in [0.3, 0.4) is 0 Å². The van der Waals surface area contributed by atoms with Gasteiger partial charge in [0.05, 0.1) is 17.1 Å². The first-order chi connectivity index (χ1) is 12.0. The molecule has 0 bridgehead atoms. The number of anilines is 1. The monoisotopic (exact) mass is 376 g/mol. The van der Waals surface area contributed by atoms with Crippen molar-refractivity contribution in [3.63, 3.8) is 0 Å². The summed E-state index contributed by atoms with van der Waals surface area (Å²) in [5.74, 6) is 0.0987. The van der Waals surface area contributed by atoms with Gasteiger partial charge in [-0.3, -0.25) is 14.0 Å². The van der Waals surface area contributed by atoms with Gasteiger partial charge >= 0.3 is 0 Å². The molecule has 130 valence electrons. The molecule has 9 heteroatoms. The summed E-state index contributed by atoms with van der Waals surface area (Å²) in [4.78, 5) is 29.8. The molecular weight excluding hydrogens is 360 g/mol. The van der Waals surface area contributed by atoms with Crippen LogP contribution >= 0.6 is 24.0 Å². The maximum absolute atomic E-state index is 12.9. The van der Waals surface area contributed by atoms with Gasteiger partial charge in [-0.05, 0) is 24.6 Å². The molecule has 0 atom stereocenters. The average Bonchev–Trinajstić information content (AvgIpc) is 2.89. The number of thioether (sulfide) groups is 1. The maximum atomic E-state index is 12.9. The Bertz CT molecular complexity index is 952. The van der Waals surface area contributed by atoms with E-state index >= 15 is 0 Å². The van der Waals surface area contributed by atoms with Crippen molar-refractivity contribution in [3.8, 4) is 0 Å². The number of aromatic nitrogens is 2. The van der Waals surface area contributed by atoms with E-state index in [0.29, 0.717) is 39.4 Å². The SMILES string of the molecule is COCCNc1nc2c(C)cccn2c(=O)c1C=C1SC(=S)NC1=O. The lowest BCUT2D eigenvalue weighted by atomic mass is 10.2. The van der Waals surface area contributed by atoms with E-state index < -0.39 is 0 Å². The lowest BCUT2D eigenvalue weighted by Crippen LogP contribution is -2.23. The number of amides is 1. The highest BCUT2D eigenvalue weighted by Gasteiger charge is 2.24. The standard InChI is InChI=1S/C16H16N4O3S2/c1-9-4-3-6-20-13(9)18-12(17-5-7-23-2)10(15(20)22)8-11-14(21)19-16(24)25-11/h3-4,6,8,17H,5,7H2,1-2H3,(H,19,21,24). The van der Waals surface area contributed by atoms with Gasteiger partial charge in [-0.15, -0.1) is 0 Å². The lowest BCUT2D eigenvalue weighted by molar-refractivity contribution is -0.115. The van der Waals surface area contributed by atoms with Crippen molar-refractivity contribution in [1.82, 2.24) is 14.7 Å². The third kappa shape index (κ3) is 3.58. The molecule has 1 aliphatic heterocycles. The van der Waals surface area contributed by atoms with Gasteiger partial charge in [0.1, 0.15) is 15.8 Å². The predicted molar refractivity (Wildman–Crippen MR) is 103 cm³/mol. The van der Waals surface area contributed by atoms with Gasteiger partial charge in [-0.1, -0.05) is 30.0 Å². The Labute approximate surface area is 153 Å². The molecular formula is C16H16N4O3S2. The minimum absolute atomic E-state index is 0.257. The van der Waals surface area contributed by atoms with Crippen LogP contribution in [0.2, 0.25) is 0 Å². The maximum Gasteiger partial charge on any atom is 0.267 e. The van der Waals surface area contributed by atoms with Gasteiger partial charge < -0.3 is 15.4 Å². The summed E-state index contributed by atoms with van der Waals surface area (Å²) in [6.45, 7) is 2.83. The third-order valence-electron chi connectivity index (χ3n) is 3.60. The Morgan fingerprint density at radius 2 is 2.28 bits per heavy atom. The Morgan fingerprint density at radius 1 is 1.48 bits per heavy atom. The number of methoxy groups -OCH3 is 1. The number of hydrogen-bond acceptors (Lipinski definition) is 7. The van der Waals surface area contributed by atoms with E-state index in [0.717, 1.165) is 17.3 Å². The van der Waals surface area contributed by atoms with E-state index in [4.69, 9.17) is 17.0 Å². The highest BCUT2D eigenvalue weighted by atomic mass is 32.2. The van der Waals surface area contributed by atoms with Crippen molar-refractivity contribution in [2.45, 2.75) is 6.92 Å². The molecule has 0 saturated carbocycles. The molecule has 7 nitrogen and oxygen atoms in total. The average molecular weight is 376 g/mol. The van der Waals surface area contributed by atoms with Crippen molar-refractivity contribution < 1.29 is 9.53 Å². The number of hydrogen-bond donors (Lipinski definition) is 2. The Morgan fingerprint density at radius 3 is 2.96 bits per heavy atom. The Kier molecular flexibility index (Phi) is 5.16. The zero-order valence-electron chi connectivity index (χ0n) is 13.7. The minimum atomic E-state index is -0.313. The van der Waals surface area contributed by atoms with E-state index in [9.17, 15) is 9.59 Å². The van der Waals surface area contributed by atoms with Crippen LogP contribution in [0.15, 0.2) is 28.0 Å². The molecule has 1 fully saturated rings. The zero-order chi connectivity index (χ0) is 18.0. The van der Waals surface area contributed by atoms with E-state index in [1.54, 1.807) is 19.4 Å². The quantitative estimate of drug-likeness (QED) is 0.465. The number of carbonyl (C=O) groups is 1. The van der Waals surface area contributed by atoms with Crippen molar-refractivity contribution in [2.24, 2.45) is 0 Å². The molecule has 3 heterocycles. The largest absolute Gasteiger partial charge is 0.383 e. The van der Waals surface area contributed by atoms with Crippen LogP contribution in [0.5, 0.6) is 0 Å². The van der Waals surface area contributed by atoms with Gasteiger partial charge in [0.15, 0.2) is 0 Å². The molecule has 0 aliphatic carbocycles. The Balaban J connectivity index is 2.17. The first-order valence-corrected chi connectivity index (χ1v) is 8.73. The third-order valence-corrected chi connectivity index (χ3v) is 4.76. The smallest absolute Gasteiger partial charge is 0.267 e. The summed E-state index contributed by atoms with van der Waals surface area (Å²) in [5.41, 5.74) is 1.49. The van der Waals surface area contributed by atoms with Crippen LogP contribution in [0.25, 0.3) is 11.7 Å². The van der Waals surface area contributed by atoms with Crippen LogP contribution in [0.1, 0.15) is 11.1 Å². The molecule has 0 unspecified atom stereocenters. The van der Waals surface area contributed by atoms with E-state index in [1.165, 1.54) is 10.5 Å². The second-order valence-corrected chi connectivity index (χ2v) is 7.05. The molecule has 0 aromatic carbocycles. The van der Waals surface area contributed by atoms with Gasteiger partial charge in [0.2, 0.25) is 0 Å². The molecule has 25 heavy (non-hydrogen) atoms. The van der Waals surface area contributed by atoms with Crippen LogP contribution in [-0.4, -0.2) is 39.9 Å². The van der Waals surface area contributed by atoms with E-state index in [2.05, 4.69) is 15.6 Å². The van der Waals surface area contributed by atoms with Crippen LogP contribution < -0.4 is 16.2 Å². The lowest BCUT2D eigenvalue weighted by Gasteiger charge is -2.12. The number of ether oxygens (including phenoxy) is 1. The van der Waals surface area contributed by atoms with Crippen LogP contribution in [0, 0.1) is 6.92 Å². The molecule has 1 aliphatic rings. The van der Waals surface area contributed by atoms with Crippen molar-refractivity contribution in [1.29, 1.82) is 0 Å². The van der Waals surface area contributed by atoms with E-state index in [-0.39, 0.29) is 11.5 Å². The number of fused-ring (bicyclic) bond motifs is 1. The van der Waals surface area contributed by atoms with Crippen molar-refractivity contribution in [3.05, 3.63) is 44.7 Å². The fourth-order valence-electron chi connectivity index (χ4n) is 2.40. The number of rotatable bonds is 5. The second-order valence-electron chi connectivity index (χ2n) is 5.34. The fraction of sp³-hybridized carbons (Fsp3) is 0.250. The van der Waals surface area contributed by atoms with Crippen LogP contribution in [-0.2, 0) is 9.53 Å². The summed E-state index contributed by atoms with van der Waals surface area (Å²) >= 11 is 6.12. The number of carbonyl (C=O) groups excluding carboxylic acids is 1. The number of nitrogens with zero attached hydrogens (tertiary/aromatic N) is 2. The summed E-state index contributed by atoms with van der Waals surface area (Å²) in [7, 11) is 1.60. The second kappa shape index (κ2) is 7.34. The molecule has 3 rings (SSSR count). The predicted octanol–water partition coefficient (Wildman–Crippen LogP) is 1.55. The topological polar surface area (TPSA) is 84.7 Å². The molecule has 0 spiro atoms. The minimum Gasteiger partial charge on any atom is -0.383 e. The fourth-order valence-corrected chi connectivity index (χ4v) is 3.43. The molecule has 0 radical (unpaired) electrons. The number of pyridine rings is 1. The Hall–Kier alpha value is -2.23. The summed E-state index contributed by atoms with van der Waals surface area (Å²) in [6, 6.07) is 3.67. The van der Waals surface area contributed by atoms with Gasteiger partial charge in [-0.25, -0.2) is 4.98 Å². The normalized spacial score (nSPS) is 15.8. The number of aryl methyl sites for hydroxylation is 1. The first kappa shape index (κ1) is 17.6. The van der Waals surface area contributed by atoms with Crippen molar-refractivity contribution >= 4 is 51.7 Å². The molecule has 2 N–H and O–H groups in total. The van der Waals surface area contributed by atoms with Gasteiger partial charge in [0, 0.05) is 19.9 Å². The zero-order valence-corrected chi connectivity index (χ0v) is 15.3. The first-order valence-electron chi connectivity index (χ1n) is 7.51. The molecule has 2 aromatic rings. The van der Waals surface area contributed by atoms with Crippen molar-refractivity contribution in [2.75, 3.05) is 25.6 Å². The number of thiocarbonyl (C=S) groups is 1. The highest BCUT2D eigenvalue weighted by molar-refractivity contribution is 8.26. The van der Waals surface area contributed by atoms with Gasteiger partial charge in [0.25, 0.3) is 11.5 Å². The molecule has 1 saturated heterocycles. The molecule has 2 aromatic heterocycles. The number of nitrogens with one attached hydrogen (secondary N) is 2. The highest BCUT2D eigenvalue weighted by Crippen LogP contribution is 2.27. The summed E-state index contributed by atoms with van der Waals surface area (Å²) in [5, 5.41) is 5.65. The van der Waals surface area contributed by atoms with Gasteiger partial charge in [-0.2, -0.15) is 0 Å². The van der Waals surface area contributed by atoms with Crippen LogP contribution in [0.4, 0.5) is 5.82 Å².